The van der Waals surface area contributed by atoms with E-state index in [1.807, 2.05) is 49.4 Å². The molecule has 4 nitrogen and oxygen atoms in total. The smallest absolute Gasteiger partial charge is 0.315 e. The maximum atomic E-state index is 12.8. The molecule has 0 radical (unpaired) electrons. The van der Waals surface area contributed by atoms with Crippen molar-refractivity contribution in [3.8, 4) is 11.1 Å². The summed E-state index contributed by atoms with van der Waals surface area (Å²) in [6.45, 7) is 1.86. The number of rotatable bonds is 3. The fourth-order valence-corrected chi connectivity index (χ4v) is 4.31. The third-order valence-corrected chi connectivity index (χ3v) is 5.67. The van der Waals surface area contributed by atoms with E-state index in [1.54, 1.807) is 0 Å². The Balaban J connectivity index is 1.79. The van der Waals surface area contributed by atoms with E-state index in [9.17, 15) is 9.59 Å². The summed E-state index contributed by atoms with van der Waals surface area (Å²) in [5, 5.41) is 0. The van der Waals surface area contributed by atoms with Gasteiger partial charge in [0, 0.05) is 29.3 Å². The van der Waals surface area contributed by atoms with Crippen molar-refractivity contribution in [1.82, 2.24) is 0 Å². The fourth-order valence-electron chi connectivity index (χ4n) is 4.31. The standard InChI is InChI=1S/C24H23NO3/c1-15-21(24(27)28-2)22(23-19(25-15)9-6-10-20(23)26)18-13-11-17(12-14-18)16-7-4-3-5-8-16/h3-5,7-8,11-14,21-22H,6,9-10H2,1-2H3/t21?,22-/m1/s1. The van der Waals surface area contributed by atoms with Gasteiger partial charge in [-0.2, -0.15) is 0 Å². The lowest BCUT2D eigenvalue weighted by atomic mass is 9.71. The van der Waals surface area contributed by atoms with E-state index in [2.05, 4.69) is 17.1 Å². The van der Waals surface area contributed by atoms with Crippen LogP contribution >= 0.6 is 0 Å². The molecule has 142 valence electrons. The molecular formula is C24H23NO3. The number of hydrogen-bond acceptors (Lipinski definition) is 4. The van der Waals surface area contributed by atoms with Crippen LogP contribution in [0.1, 0.15) is 37.7 Å². The number of Topliss-reactive ketones (excluding diaryl/α,β-unsaturated/α-hetero) is 1. The maximum absolute atomic E-state index is 12.8. The zero-order chi connectivity index (χ0) is 19.7. The summed E-state index contributed by atoms with van der Waals surface area (Å²) in [7, 11) is 1.39. The summed E-state index contributed by atoms with van der Waals surface area (Å²) < 4.78 is 5.07. The van der Waals surface area contributed by atoms with Gasteiger partial charge in [0.25, 0.3) is 0 Å². The molecule has 1 aliphatic carbocycles. The summed E-state index contributed by atoms with van der Waals surface area (Å²) in [4.78, 5) is 30.0. The molecule has 2 aromatic carbocycles. The van der Waals surface area contributed by atoms with Crippen LogP contribution in [0.3, 0.4) is 0 Å². The highest BCUT2D eigenvalue weighted by Crippen LogP contribution is 2.43. The highest BCUT2D eigenvalue weighted by molar-refractivity contribution is 6.08. The van der Waals surface area contributed by atoms with Gasteiger partial charge in [-0.25, -0.2) is 0 Å². The quantitative estimate of drug-likeness (QED) is 0.732. The third-order valence-electron chi connectivity index (χ3n) is 5.67. The van der Waals surface area contributed by atoms with Gasteiger partial charge in [-0.05, 0) is 36.5 Å². The van der Waals surface area contributed by atoms with E-state index in [4.69, 9.17) is 4.74 Å². The van der Waals surface area contributed by atoms with Gasteiger partial charge >= 0.3 is 5.97 Å². The van der Waals surface area contributed by atoms with E-state index in [1.165, 1.54) is 7.11 Å². The Bertz CT molecular complexity index is 971. The zero-order valence-corrected chi connectivity index (χ0v) is 16.1. The van der Waals surface area contributed by atoms with Crippen LogP contribution in [0.4, 0.5) is 0 Å². The highest BCUT2D eigenvalue weighted by atomic mass is 16.5. The average molecular weight is 373 g/mol. The van der Waals surface area contributed by atoms with Crippen molar-refractivity contribution >= 4 is 17.5 Å². The third kappa shape index (κ3) is 3.19. The summed E-state index contributed by atoms with van der Waals surface area (Å²) >= 11 is 0. The number of carbonyl (C=O) groups excluding carboxylic acids is 2. The van der Waals surface area contributed by atoms with Crippen LogP contribution in [0.2, 0.25) is 0 Å². The Hall–Kier alpha value is -3.01. The summed E-state index contributed by atoms with van der Waals surface area (Å²) in [6.07, 6.45) is 2.11. The molecular weight excluding hydrogens is 350 g/mol. The van der Waals surface area contributed by atoms with Gasteiger partial charge in [-0.3, -0.25) is 14.6 Å². The Morgan fingerprint density at radius 3 is 2.36 bits per heavy atom. The number of carbonyl (C=O) groups is 2. The maximum Gasteiger partial charge on any atom is 0.315 e. The fraction of sp³-hybridized carbons (Fsp3) is 0.292. The zero-order valence-electron chi connectivity index (χ0n) is 16.1. The molecule has 2 aromatic rings. The Kier molecular flexibility index (Phi) is 4.95. The molecule has 1 heterocycles. The molecule has 1 unspecified atom stereocenters. The largest absolute Gasteiger partial charge is 0.468 e. The number of methoxy groups -OCH3 is 1. The minimum atomic E-state index is -0.562. The van der Waals surface area contributed by atoms with Crippen molar-refractivity contribution in [3.05, 3.63) is 71.4 Å². The lowest BCUT2D eigenvalue weighted by Crippen LogP contribution is -2.36. The second-order valence-electron chi connectivity index (χ2n) is 7.36. The summed E-state index contributed by atoms with van der Waals surface area (Å²) in [6, 6.07) is 18.3. The molecule has 0 aromatic heterocycles. The number of allylic oxidation sites excluding steroid dienone is 2. The molecule has 0 bridgehead atoms. The van der Waals surface area contributed by atoms with Gasteiger partial charge in [-0.15, -0.1) is 0 Å². The van der Waals surface area contributed by atoms with E-state index >= 15 is 0 Å². The van der Waals surface area contributed by atoms with Gasteiger partial charge in [0.05, 0.1) is 7.11 Å². The van der Waals surface area contributed by atoms with Gasteiger partial charge in [0.15, 0.2) is 5.78 Å². The second kappa shape index (κ2) is 7.55. The topological polar surface area (TPSA) is 55.7 Å². The van der Waals surface area contributed by atoms with E-state index in [0.717, 1.165) is 40.9 Å². The van der Waals surface area contributed by atoms with Crippen molar-refractivity contribution in [1.29, 1.82) is 0 Å². The molecule has 4 rings (SSSR count). The Morgan fingerprint density at radius 1 is 1.00 bits per heavy atom. The molecule has 1 aliphatic heterocycles. The van der Waals surface area contributed by atoms with Crippen LogP contribution < -0.4 is 0 Å². The molecule has 0 spiro atoms. The van der Waals surface area contributed by atoms with Gasteiger partial charge < -0.3 is 4.74 Å². The van der Waals surface area contributed by atoms with Crippen LogP contribution in [0.15, 0.2) is 70.9 Å². The SMILES string of the molecule is COC(=O)C1C(C)=NC2=C(C(=O)CCC2)[C@@H]1c1ccc(-c2ccccc2)cc1. The van der Waals surface area contributed by atoms with Gasteiger partial charge in [0.1, 0.15) is 5.92 Å². The second-order valence-corrected chi connectivity index (χ2v) is 7.36. The molecule has 0 N–H and O–H groups in total. The Morgan fingerprint density at radius 2 is 1.68 bits per heavy atom. The molecule has 2 aliphatic rings. The van der Waals surface area contributed by atoms with Crippen LogP contribution in [-0.2, 0) is 14.3 Å². The van der Waals surface area contributed by atoms with E-state index in [0.29, 0.717) is 12.0 Å². The molecule has 28 heavy (non-hydrogen) atoms. The molecule has 0 saturated heterocycles. The lowest BCUT2D eigenvalue weighted by molar-refractivity contribution is -0.143. The lowest BCUT2D eigenvalue weighted by Gasteiger charge is -2.34. The first-order valence-electron chi connectivity index (χ1n) is 9.65. The first-order valence-corrected chi connectivity index (χ1v) is 9.65. The predicted molar refractivity (Wildman–Crippen MR) is 109 cm³/mol. The van der Waals surface area contributed by atoms with Crippen LogP contribution in [0.5, 0.6) is 0 Å². The average Bonchev–Trinajstić information content (AvgIpc) is 2.73. The number of ether oxygens (including phenoxy) is 1. The monoisotopic (exact) mass is 373 g/mol. The molecule has 4 heteroatoms. The number of aliphatic imine (C=N–C) groups is 1. The van der Waals surface area contributed by atoms with Crippen molar-refractivity contribution in [3.63, 3.8) is 0 Å². The molecule has 2 atom stereocenters. The van der Waals surface area contributed by atoms with Gasteiger partial charge in [0.2, 0.25) is 0 Å². The summed E-state index contributed by atoms with van der Waals surface area (Å²) in [5.74, 6) is -1.14. The highest BCUT2D eigenvalue weighted by Gasteiger charge is 2.42. The van der Waals surface area contributed by atoms with Crippen molar-refractivity contribution in [2.45, 2.75) is 32.1 Å². The predicted octanol–water partition coefficient (Wildman–Crippen LogP) is 4.71. The first-order chi connectivity index (χ1) is 13.6. The van der Waals surface area contributed by atoms with Crippen LogP contribution in [0, 0.1) is 5.92 Å². The minimum Gasteiger partial charge on any atom is -0.468 e. The normalized spacial score (nSPS) is 21.8. The first kappa shape index (κ1) is 18.4. The number of ketones is 1. The number of esters is 1. The van der Waals surface area contributed by atoms with Crippen LogP contribution in [-0.4, -0.2) is 24.6 Å². The van der Waals surface area contributed by atoms with Crippen molar-refractivity contribution in [2.75, 3.05) is 7.11 Å². The van der Waals surface area contributed by atoms with Crippen molar-refractivity contribution in [2.24, 2.45) is 10.9 Å². The van der Waals surface area contributed by atoms with E-state index in [-0.39, 0.29) is 17.7 Å². The molecule has 0 fully saturated rings. The van der Waals surface area contributed by atoms with Crippen molar-refractivity contribution < 1.29 is 14.3 Å². The van der Waals surface area contributed by atoms with E-state index < -0.39 is 5.92 Å². The number of benzene rings is 2. The Labute approximate surface area is 164 Å². The molecule has 0 saturated carbocycles. The number of hydrogen-bond donors (Lipinski definition) is 0. The summed E-state index contributed by atoms with van der Waals surface area (Å²) in [5.41, 5.74) is 5.44. The number of nitrogens with zero attached hydrogens (tertiary/aromatic N) is 1. The van der Waals surface area contributed by atoms with Crippen LogP contribution in [0.25, 0.3) is 11.1 Å². The molecule has 0 amide bonds. The van der Waals surface area contributed by atoms with Gasteiger partial charge in [-0.1, -0.05) is 54.6 Å². The minimum absolute atomic E-state index is 0.100.